The van der Waals surface area contributed by atoms with E-state index < -0.39 is 17.5 Å². The SMILES string of the molecule is NC1CCNC1Cc1cc(F)cc(-c2cccc(F)c2)c1F. The Hall–Kier alpha value is -1.85. The zero-order chi connectivity index (χ0) is 15.7. The summed E-state index contributed by atoms with van der Waals surface area (Å²) in [5, 5.41) is 3.20. The van der Waals surface area contributed by atoms with Gasteiger partial charge >= 0.3 is 0 Å². The first kappa shape index (κ1) is 15.1. The first-order chi connectivity index (χ1) is 10.5. The molecule has 2 atom stereocenters. The Bertz CT molecular complexity index is 688. The topological polar surface area (TPSA) is 38.0 Å². The molecule has 0 bridgehead atoms. The lowest BCUT2D eigenvalue weighted by molar-refractivity contribution is 0.516. The zero-order valence-electron chi connectivity index (χ0n) is 12.0. The van der Waals surface area contributed by atoms with Gasteiger partial charge < -0.3 is 11.1 Å². The fourth-order valence-corrected chi connectivity index (χ4v) is 2.91. The molecule has 2 aromatic carbocycles. The van der Waals surface area contributed by atoms with Crippen molar-refractivity contribution in [1.82, 2.24) is 5.32 Å². The molecule has 2 unspecified atom stereocenters. The van der Waals surface area contributed by atoms with Crippen molar-refractivity contribution >= 4 is 0 Å². The summed E-state index contributed by atoms with van der Waals surface area (Å²) in [7, 11) is 0. The predicted molar refractivity (Wildman–Crippen MR) is 79.8 cm³/mol. The largest absolute Gasteiger partial charge is 0.326 e. The third-order valence-electron chi connectivity index (χ3n) is 4.09. The van der Waals surface area contributed by atoms with Crippen LogP contribution in [0.3, 0.4) is 0 Å². The van der Waals surface area contributed by atoms with Crippen LogP contribution in [-0.4, -0.2) is 18.6 Å². The third-order valence-corrected chi connectivity index (χ3v) is 4.09. The molecule has 3 rings (SSSR count). The molecule has 2 aromatic rings. The van der Waals surface area contributed by atoms with Gasteiger partial charge in [-0.2, -0.15) is 0 Å². The van der Waals surface area contributed by atoms with Gasteiger partial charge in [-0.1, -0.05) is 12.1 Å². The van der Waals surface area contributed by atoms with Crippen LogP contribution in [0, 0.1) is 17.5 Å². The van der Waals surface area contributed by atoms with Crippen molar-refractivity contribution in [2.24, 2.45) is 5.73 Å². The summed E-state index contributed by atoms with van der Waals surface area (Å²) in [5.74, 6) is -1.54. The third kappa shape index (κ3) is 3.00. The average molecular weight is 306 g/mol. The molecule has 116 valence electrons. The summed E-state index contributed by atoms with van der Waals surface area (Å²) in [6.07, 6.45) is 1.13. The van der Waals surface area contributed by atoms with Crippen LogP contribution in [0.15, 0.2) is 36.4 Å². The highest BCUT2D eigenvalue weighted by Crippen LogP contribution is 2.28. The Balaban J connectivity index is 1.98. The van der Waals surface area contributed by atoms with Gasteiger partial charge in [0.2, 0.25) is 0 Å². The Morgan fingerprint density at radius 1 is 1.09 bits per heavy atom. The number of hydrogen-bond donors (Lipinski definition) is 2. The van der Waals surface area contributed by atoms with Crippen LogP contribution < -0.4 is 11.1 Å². The molecular formula is C17H17F3N2. The molecule has 1 aliphatic rings. The smallest absolute Gasteiger partial charge is 0.134 e. The number of rotatable bonds is 3. The number of halogens is 3. The summed E-state index contributed by atoms with van der Waals surface area (Å²) in [4.78, 5) is 0. The number of benzene rings is 2. The van der Waals surface area contributed by atoms with Gasteiger partial charge in [0.1, 0.15) is 17.5 Å². The standard InChI is InChI=1S/C17H17F3N2/c18-12-3-1-2-10(6-12)14-9-13(19)7-11(17(14)20)8-16-15(21)4-5-22-16/h1-3,6-7,9,15-16,22H,4-5,8,21H2. The Labute approximate surface area is 127 Å². The minimum absolute atomic E-state index is 0.0692. The number of nitrogens with one attached hydrogen (secondary N) is 1. The van der Waals surface area contributed by atoms with Crippen LogP contribution in [-0.2, 0) is 6.42 Å². The quantitative estimate of drug-likeness (QED) is 0.915. The molecule has 0 amide bonds. The van der Waals surface area contributed by atoms with Gasteiger partial charge in [-0.25, -0.2) is 13.2 Å². The van der Waals surface area contributed by atoms with Crippen molar-refractivity contribution in [1.29, 1.82) is 0 Å². The molecule has 0 aromatic heterocycles. The van der Waals surface area contributed by atoms with Crippen molar-refractivity contribution in [3.63, 3.8) is 0 Å². The first-order valence-corrected chi connectivity index (χ1v) is 7.27. The van der Waals surface area contributed by atoms with Crippen LogP contribution in [0.2, 0.25) is 0 Å². The van der Waals surface area contributed by atoms with Crippen molar-refractivity contribution in [3.05, 3.63) is 59.4 Å². The van der Waals surface area contributed by atoms with Crippen molar-refractivity contribution in [3.8, 4) is 11.1 Å². The Morgan fingerprint density at radius 2 is 1.91 bits per heavy atom. The lowest BCUT2D eigenvalue weighted by Crippen LogP contribution is -2.38. The molecule has 1 heterocycles. The Kier molecular flexibility index (Phi) is 4.18. The highest BCUT2D eigenvalue weighted by atomic mass is 19.1. The molecule has 0 aliphatic carbocycles. The van der Waals surface area contributed by atoms with Gasteiger partial charge in [0.15, 0.2) is 0 Å². The summed E-state index contributed by atoms with van der Waals surface area (Å²) in [6.45, 7) is 0.777. The monoisotopic (exact) mass is 306 g/mol. The number of nitrogens with two attached hydrogens (primary N) is 1. The summed E-state index contributed by atoms with van der Waals surface area (Å²) in [5.41, 5.74) is 6.61. The van der Waals surface area contributed by atoms with E-state index in [2.05, 4.69) is 5.32 Å². The molecule has 5 heteroatoms. The van der Waals surface area contributed by atoms with Gasteiger partial charge in [-0.3, -0.25) is 0 Å². The summed E-state index contributed by atoms with van der Waals surface area (Å²) >= 11 is 0. The fourth-order valence-electron chi connectivity index (χ4n) is 2.91. The van der Waals surface area contributed by atoms with E-state index in [0.717, 1.165) is 19.0 Å². The van der Waals surface area contributed by atoms with E-state index in [4.69, 9.17) is 5.73 Å². The van der Waals surface area contributed by atoms with E-state index in [1.807, 2.05) is 0 Å². The molecule has 0 spiro atoms. The van der Waals surface area contributed by atoms with Crippen LogP contribution in [0.1, 0.15) is 12.0 Å². The molecule has 3 N–H and O–H groups in total. The lowest BCUT2D eigenvalue weighted by Gasteiger charge is -2.17. The van der Waals surface area contributed by atoms with Crippen LogP contribution in [0.4, 0.5) is 13.2 Å². The summed E-state index contributed by atoms with van der Waals surface area (Å²) in [6, 6.07) is 7.63. The first-order valence-electron chi connectivity index (χ1n) is 7.27. The van der Waals surface area contributed by atoms with Crippen LogP contribution in [0.5, 0.6) is 0 Å². The van der Waals surface area contributed by atoms with Gasteiger partial charge in [0, 0.05) is 17.6 Å². The molecule has 1 saturated heterocycles. The van der Waals surface area contributed by atoms with Crippen LogP contribution in [0.25, 0.3) is 11.1 Å². The predicted octanol–water partition coefficient (Wildman–Crippen LogP) is 3.00. The summed E-state index contributed by atoms with van der Waals surface area (Å²) < 4.78 is 41.9. The molecule has 1 aliphatic heterocycles. The normalized spacial score (nSPS) is 21.3. The van der Waals surface area contributed by atoms with Gasteiger partial charge in [0.05, 0.1) is 0 Å². The minimum Gasteiger partial charge on any atom is -0.326 e. The molecule has 0 saturated carbocycles. The van der Waals surface area contributed by atoms with Gasteiger partial charge in [-0.15, -0.1) is 0 Å². The molecule has 0 radical (unpaired) electrons. The zero-order valence-corrected chi connectivity index (χ0v) is 12.0. The van der Waals surface area contributed by atoms with Crippen LogP contribution >= 0.6 is 0 Å². The van der Waals surface area contributed by atoms with Crippen molar-refractivity contribution < 1.29 is 13.2 Å². The van der Waals surface area contributed by atoms with Crippen molar-refractivity contribution in [2.75, 3.05) is 6.54 Å². The maximum absolute atomic E-state index is 14.7. The minimum atomic E-state index is -0.540. The maximum atomic E-state index is 14.7. The molecule has 1 fully saturated rings. The fraction of sp³-hybridized carbons (Fsp3) is 0.294. The van der Waals surface area contributed by atoms with Crippen molar-refractivity contribution in [2.45, 2.75) is 24.9 Å². The average Bonchev–Trinajstić information content (AvgIpc) is 2.88. The number of hydrogen-bond acceptors (Lipinski definition) is 2. The molecule has 22 heavy (non-hydrogen) atoms. The van der Waals surface area contributed by atoms with Gasteiger partial charge in [0.25, 0.3) is 0 Å². The highest BCUT2D eigenvalue weighted by molar-refractivity contribution is 5.65. The maximum Gasteiger partial charge on any atom is 0.134 e. The molecular weight excluding hydrogens is 289 g/mol. The van der Waals surface area contributed by atoms with Gasteiger partial charge in [-0.05, 0) is 54.8 Å². The molecule has 2 nitrogen and oxygen atoms in total. The van der Waals surface area contributed by atoms with E-state index >= 15 is 0 Å². The van der Waals surface area contributed by atoms with E-state index in [-0.39, 0.29) is 23.2 Å². The second-order valence-corrected chi connectivity index (χ2v) is 5.65. The Morgan fingerprint density at radius 3 is 2.59 bits per heavy atom. The second kappa shape index (κ2) is 6.10. The highest BCUT2D eigenvalue weighted by Gasteiger charge is 2.25. The van der Waals surface area contributed by atoms with E-state index in [1.165, 1.54) is 24.3 Å². The second-order valence-electron chi connectivity index (χ2n) is 5.65. The van der Waals surface area contributed by atoms with E-state index in [0.29, 0.717) is 12.0 Å². The lowest BCUT2D eigenvalue weighted by atomic mass is 9.96. The van der Waals surface area contributed by atoms with E-state index in [1.54, 1.807) is 6.07 Å². The van der Waals surface area contributed by atoms with E-state index in [9.17, 15) is 13.2 Å².